The van der Waals surface area contributed by atoms with E-state index in [1.165, 1.54) is 12.8 Å². The predicted molar refractivity (Wildman–Crippen MR) is 64.1 cm³/mol. The Labute approximate surface area is 95.7 Å². The van der Waals surface area contributed by atoms with E-state index in [4.69, 9.17) is 5.11 Å². The normalized spacial score (nSPS) is 20.1. The maximum absolute atomic E-state index is 10.7. The summed E-state index contributed by atoms with van der Waals surface area (Å²) in [5.74, 6) is -0.861. The molecule has 1 fully saturated rings. The second kappa shape index (κ2) is 4.56. The lowest BCUT2D eigenvalue weighted by atomic mass is 10.1. The topological polar surface area (TPSA) is 40.5 Å². The Kier molecular flexibility index (Phi) is 3.13. The number of anilines is 1. The highest BCUT2D eigenvalue weighted by atomic mass is 16.4. The van der Waals surface area contributed by atoms with Gasteiger partial charge in [0, 0.05) is 18.3 Å². The third-order valence-electron chi connectivity index (χ3n) is 3.29. The van der Waals surface area contributed by atoms with E-state index in [-0.39, 0.29) is 0 Å². The maximum atomic E-state index is 10.7. The third-order valence-corrected chi connectivity index (χ3v) is 3.29. The van der Waals surface area contributed by atoms with Crippen molar-refractivity contribution in [2.75, 3.05) is 11.4 Å². The van der Waals surface area contributed by atoms with Crippen molar-refractivity contribution in [3.8, 4) is 0 Å². The van der Waals surface area contributed by atoms with E-state index in [1.54, 1.807) is 12.1 Å². The van der Waals surface area contributed by atoms with E-state index >= 15 is 0 Å². The first-order chi connectivity index (χ1) is 7.72. The molecule has 1 atom stereocenters. The van der Waals surface area contributed by atoms with Gasteiger partial charge in [0.05, 0.1) is 5.56 Å². The van der Waals surface area contributed by atoms with Crippen LogP contribution < -0.4 is 4.90 Å². The summed E-state index contributed by atoms with van der Waals surface area (Å²) in [7, 11) is 0. The van der Waals surface area contributed by atoms with Crippen molar-refractivity contribution in [1.82, 2.24) is 0 Å². The Morgan fingerprint density at radius 2 is 2.12 bits per heavy atom. The molecule has 0 spiro atoms. The minimum atomic E-state index is -0.861. The van der Waals surface area contributed by atoms with E-state index in [1.807, 2.05) is 12.1 Å². The highest BCUT2D eigenvalue weighted by molar-refractivity contribution is 5.88. The summed E-state index contributed by atoms with van der Waals surface area (Å²) >= 11 is 0. The van der Waals surface area contributed by atoms with Crippen LogP contribution in [0.1, 0.15) is 36.5 Å². The number of aromatic carboxylic acids is 1. The number of carboxylic acid groups (broad SMARTS) is 1. The van der Waals surface area contributed by atoms with E-state index in [2.05, 4.69) is 11.8 Å². The average Bonchev–Trinajstić information content (AvgIpc) is 2.77. The fourth-order valence-electron chi connectivity index (χ4n) is 2.40. The second-order valence-electron chi connectivity index (χ2n) is 4.25. The summed E-state index contributed by atoms with van der Waals surface area (Å²) < 4.78 is 0. The summed E-state index contributed by atoms with van der Waals surface area (Å²) in [6, 6.07) is 7.82. The highest BCUT2D eigenvalue weighted by Gasteiger charge is 2.22. The molecule has 3 heteroatoms. The van der Waals surface area contributed by atoms with Crippen LogP contribution in [-0.4, -0.2) is 23.7 Å². The maximum Gasteiger partial charge on any atom is 0.335 e. The van der Waals surface area contributed by atoms with Crippen LogP contribution in [0, 0.1) is 0 Å². The van der Waals surface area contributed by atoms with Crippen LogP contribution in [0.15, 0.2) is 24.3 Å². The molecule has 1 aliphatic heterocycles. The lowest BCUT2D eigenvalue weighted by molar-refractivity contribution is 0.0697. The number of carbonyl (C=O) groups is 1. The van der Waals surface area contributed by atoms with E-state index < -0.39 is 5.97 Å². The van der Waals surface area contributed by atoms with Crippen molar-refractivity contribution in [3.63, 3.8) is 0 Å². The first-order valence-corrected chi connectivity index (χ1v) is 5.82. The first-order valence-electron chi connectivity index (χ1n) is 5.82. The van der Waals surface area contributed by atoms with Gasteiger partial charge in [-0.2, -0.15) is 0 Å². The van der Waals surface area contributed by atoms with Crippen LogP contribution in [0.5, 0.6) is 0 Å². The number of rotatable bonds is 3. The molecule has 1 aromatic carbocycles. The molecule has 3 nitrogen and oxygen atoms in total. The lowest BCUT2D eigenvalue weighted by Gasteiger charge is -2.25. The molecule has 0 radical (unpaired) electrons. The molecule has 0 bridgehead atoms. The predicted octanol–water partition coefficient (Wildman–Crippen LogP) is 2.76. The van der Waals surface area contributed by atoms with Crippen molar-refractivity contribution in [3.05, 3.63) is 29.8 Å². The zero-order chi connectivity index (χ0) is 11.5. The molecule has 1 saturated heterocycles. The number of carboxylic acids is 1. The molecule has 0 aliphatic carbocycles. The fourth-order valence-corrected chi connectivity index (χ4v) is 2.40. The Morgan fingerprint density at radius 1 is 1.44 bits per heavy atom. The molecular weight excluding hydrogens is 202 g/mol. The Balaban J connectivity index is 2.18. The van der Waals surface area contributed by atoms with Crippen LogP contribution in [0.2, 0.25) is 0 Å². The molecule has 1 aliphatic rings. The van der Waals surface area contributed by atoms with Gasteiger partial charge in [0.25, 0.3) is 0 Å². The number of hydrogen-bond acceptors (Lipinski definition) is 2. The van der Waals surface area contributed by atoms with Gasteiger partial charge in [0.2, 0.25) is 0 Å². The largest absolute Gasteiger partial charge is 0.478 e. The fraction of sp³-hybridized carbons (Fsp3) is 0.462. The van der Waals surface area contributed by atoms with Crippen molar-refractivity contribution >= 4 is 11.7 Å². The summed E-state index contributed by atoms with van der Waals surface area (Å²) in [6.07, 6.45) is 3.64. The van der Waals surface area contributed by atoms with E-state index in [0.29, 0.717) is 11.6 Å². The molecule has 1 unspecified atom stereocenters. The summed E-state index contributed by atoms with van der Waals surface area (Å²) in [6.45, 7) is 3.29. The monoisotopic (exact) mass is 219 g/mol. The molecule has 1 N–H and O–H groups in total. The summed E-state index contributed by atoms with van der Waals surface area (Å²) in [4.78, 5) is 13.1. The third kappa shape index (κ3) is 2.03. The number of hydrogen-bond donors (Lipinski definition) is 1. The van der Waals surface area contributed by atoms with E-state index in [0.717, 1.165) is 18.7 Å². The zero-order valence-corrected chi connectivity index (χ0v) is 9.52. The van der Waals surface area contributed by atoms with Gasteiger partial charge in [0.1, 0.15) is 0 Å². The van der Waals surface area contributed by atoms with Gasteiger partial charge in [-0.25, -0.2) is 4.79 Å². The average molecular weight is 219 g/mol. The molecule has 86 valence electrons. The zero-order valence-electron chi connectivity index (χ0n) is 9.52. The van der Waals surface area contributed by atoms with Gasteiger partial charge in [-0.15, -0.1) is 0 Å². The minimum absolute atomic E-state index is 0.357. The first kappa shape index (κ1) is 11.0. The van der Waals surface area contributed by atoms with Gasteiger partial charge in [0.15, 0.2) is 0 Å². The number of nitrogens with zero attached hydrogens (tertiary/aromatic N) is 1. The van der Waals surface area contributed by atoms with Crippen molar-refractivity contribution in [2.24, 2.45) is 0 Å². The van der Waals surface area contributed by atoms with Crippen LogP contribution in [0.3, 0.4) is 0 Å². The van der Waals surface area contributed by atoms with Gasteiger partial charge in [-0.3, -0.25) is 0 Å². The van der Waals surface area contributed by atoms with Gasteiger partial charge in [-0.05, 0) is 43.5 Å². The van der Waals surface area contributed by atoms with Gasteiger partial charge < -0.3 is 10.0 Å². The van der Waals surface area contributed by atoms with Crippen molar-refractivity contribution in [2.45, 2.75) is 32.2 Å². The Bertz CT molecular complexity index is 372. The second-order valence-corrected chi connectivity index (χ2v) is 4.25. The molecule has 1 heterocycles. The summed E-state index contributed by atoms with van der Waals surface area (Å²) in [5.41, 5.74) is 1.50. The minimum Gasteiger partial charge on any atom is -0.478 e. The smallest absolute Gasteiger partial charge is 0.335 e. The molecule has 16 heavy (non-hydrogen) atoms. The van der Waals surface area contributed by atoms with Crippen LogP contribution >= 0.6 is 0 Å². The van der Waals surface area contributed by atoms with Crippen LogP contribution in [0.4, 0.5) is 5.69 Å². The highest BCUT2D eigenvalue weighted by Crippen LogP contribution is 2.27. The molecule has 0 amide bonds. The van der Waals surface area contributed by atoms with Crippen molar-refractivity contribution < 1.29 is 9.90 Å². The van der Waals surface area contributed by atoms with Crippen LogP contribution in [-0.2, 0) is 0 Å². The van der Waals surface area contributed by atoms with Crippen LogP contribution in [0.25, 0.3) is 0 Å². The molecule has 0 aromatic heterocycles. The molecule has 2 rings (SSSR count). The number of benzene rings is 1. The quantitative estimate of drug-likeness (QED) is 0.849. The van der Waals surface area contributed by atoms with Gasteiger partial charge in [-0.1, -0.05) is 6.92 Å². The Hall–Kier alpha value is -1.51. The molecule has 1 aromatic rings. The molecular formula is C13H17NO2. The Morgan fingerprint density at radius 3 is 2.69 bits per heavy atom. The van der Waals surface area contributed by atoms with E-state index in [9.17, 15) is 4.79 Å². The SMILES string of the molecule is CCC1CCCN1c1ccc(C(=O)O)cc1. The summed E-state index contributed by atoms with van der Waals surface area (Å²) in [5, 5.41) is 8.83. The van der Waals surface area contributed by atoms with Gasteiger partial charge >= 0.3 is 5.97 Å². The van der Waals surface area contributed by atoms with Crippen molar-refractivity contribution in [1.29, 1.82) is 0 Å². The lowest BCUT2D eigenvalue weighted by Crippen LogP contribution is -2.28. The standard InChI is InChI=1S/C13H17NO2/c1-2-11-4-3-9-14(11)12-7-5-10(6-8-12)13(15)16/h5-8,11H,2-4,9H2,1H3,(H,15,16). The molecule has 0 saturated carbocycles.